The van der Waals surface area contributed by atoms with Crippen LogP contribution in [-0.4, -0.2) is 54.4 Å². The standard InChI is InChI=1S/C18H27N3O2S/c1-4-21(5-2)12-15(22)13-23-16-8-6-14(7-9-16)18-20-11-17(24-18)10-19-3/h6-9,11,15,19,22H,4-5,10,12-13H2,1-3H3. The molecule has 0 bridgehead atoms. The molecule has 2 N–H and O–H groups in total. The SMILES string of the molecule is CCN(CC)CC(O)COc1ccc(-c2ncc(CNC)s2)cc1. The fraction of sp³-hybridized carbons (Fsp3) is 0.500. The molecule has 0 aliphatic heterocycles. The average Bonchev–Trinajstić information content (AvgIpc) is 3.07. The lowest BCUT2D eigenvalue weighted by atomic mass is 10.2. The van der Waals surface area contributed by atoms with E-state index in [9.17, 15) is 5.11 Å². The fourth-order valence-electron chi connectivity index (χ4n) is 2.42. The molecule has 0 saturated heterocycles. The summed E-state index contributed by atoms with van der Waals surface area (Å²) in [4.78, 5) is 7.85. The number of rotatable bonds is 10. The molecule has 1 atom stereocenters. The highest BCUT2D eigenvalue weighted by Crippen LogP contribution is 2.26. The number of thiazole rings is 1. The van der Waals surface area contributed by atoms with Crippen molar-refractivity contribution < 1.29 is 9.84 Å². The number of nitrogens with one attached hydrogen (secondary N) is 1. The van der Waals surface area contributed by atoms with Crippen LogP contribution in [0, 0.1) is 0 Å². The van der Waals surface area contributed by atoms with Crippen LogP contribution in [0.15, 0.2) is 30.5 Å². The molecule has 1 aromatic carbocycles. The lowest BCUT2D eigenvalue weighted by Gasteiger charge is -2.21. The first-order chi connectivity index (χ1) is 11.7. The van der Waals surface area contributed by atoms with Gasteiger partial charge in [-0.25, -0.2) is 4.98 Å². The van der Waals surface area contributed by atoms with E-state index in [2.05, 4.69) is 29.0 Å². The van der Waals surface area contributed by atoms with Gasteiger partial charge in [-0.2, -0.15) is 0 Å². The number of ether oxygens (including phenoxy) is 1. The van der Waals surface area contributed by atoms with Crippen LogP contribution in [0.2, 0.25) is 0 Å². The first-order valence-corrected chi connectivity index (χ1v) is 9.20. The molecule has 1 heterocycles. The molecule has 0 spiro atoms. The summed E-state index contributed by atoms with van der Waals surface area (Å²) >= 11 is 1.69. The van der Waals surface area contributed by atoms with Crippen molar-refractivity contribution in [2.75, 3.05) is 33.3 Å². The highest BCUT2D eigenvalue weighted by Gasteiger charge is 2.10. The fourth-order valence-corrected chi connectivity index (χ4v) is 3.35. The van der Waals surface area contributed by atoms with E-state index in [0.717, 1.165) is 36.0 Å². The summed E-state index contributed by atoms with van der Waals surface area (Å²) in [5, 5.41) is 14.2. The second kappa shape index (κ2) is 9.74. The zero-order valence-electron chi connectivity index (χ0n) is 14.7. The summed E-state index contributed by atoms with van der Waals surface area (Å²) in [7, 11) is 1.93. The maximum Gasteiger partial charge on any atom is 0.123 e. The van der Waals surface area contributed by atoms with E-state index in [1.54, 1.807) is 11.3 Å². The predicted octanol–water partition coefficient (Wildman–Crippen LogP) is 2.61. The Bertz CT molecular complexity index is 597. The van der Waals surface area contributed by atoms with E-state index in [4.69, 9.17) is 4.74 Å². The van der Waals surface area contributed by atoms with Crippen molar-refractivity contribution in [3.05, 3.63) is 35.3 Å². The molecule has 0 amide bonds. The normalized spacial score (nSPS) is 12.5. The second-order valence-electron chi connectivity index (χ2n) is 5.64. The van der Waals surface area contributed by atoms with E-state index in [1.807, 2.05) is 37.5 Å². The molecular weight excluding hydrogens is 322 g/mol. The van der Waals surface area contributed by atoms with Crippen molar-refractivity contribution in [1.29, 1.82) is 0 Å². The highest BCUT2D eigenvalue weighted by molar-refractivity contribution is 7.15. The van der Waals surface area contributed by atoms with Crippen LogP contribution in [0.4, 0.5) is 0 Å². The van der Waals surface area contributed by atoms with Crippen molar-refractivity contribution in [3.8, 4) is 16.3 Å². The third-order valence-corrected chi connectivity index (χ3v) is 4.86. The zero-order chi connectivity index (χ0) is 17.4. The Balaban J connectivity index is 1.87. The molecule has 6 heteroatoms. The first-order valence-electron chi connectivity index (χ1n) is 8.39. The highest BCUT2D eigenvalue weighted by atomic mass is 32.1. The molecular formula is C18H27N3O2S. The molecule has 132 valence electrons. The molecule has 0 radical (unpaired) electrons. The number of aliphatic hydroxyl groups is 1. The van der Waals surface area contributed by atoms with Gasteiger partial charge in [0.25, 0.3) is 0 Å². The van der Waals surface area contributed by atoms with E-state index >= 15 is 0 Å². The van der Waals surface area contributed by atoms with Gasteiger partial charge in [0.2, 0.25) is 0 Å². The van der Waals surface area contributed by atoms with Gasteiger partial charge in [0, 0.05) is 29.7 Å². The van der Waals surface area contributed by atoms with Crippen LogP contribution in [-0.2, 0) is 6.54 Å². The van der Waals surface area contributed by atoms with E-state index < -0.39 is 6.10 Å². The number of nitrogens with zero attached hydrogens (tertiary/aromatic N) is 2. The van der Waals surface area contributed by atoms with Gasteiger partial charge in [0.1, 0.15) is 23.5 Å². The van der Waals surface area contributed by atoms with Gasteiger partial charge in [0.05, 0.1) is 0 Å². The average molecular weight is 350 g/mol. The number of hydrogen-bond donors (Lipinski definition) is 2. The summed E-state index contributed by atoms with van der Waals surface area (Å²) in [6.07, 6.45) is 1.43. The molecule has 0 aliphatic carbocycles. The van der Waals surface area contributed by atoms with Gasteiger partial charge >= 0.3 is 0 Å². The van der Waals surface area contributed by atoms with Crippen LogP contribution < -0.4 is 10.1 Å². The Morgan fingerprint density at radius 1 is 1.25 bits per heavy atom. The minimum Gasteiger partial charge on any atom is -0.491 e. The molecule has 1 aromatic heterocycles. The van der Waals surface area contributed by atoms with Gasteiger partial charge in [-0.05, 0) is 44.4 Å². The van der Waals surface area contributed by atoms with Gasteiger partial charge in [-0.3, -0.25) is 0 Å². The molecule has 0 saturated carbocycles. The Morgan fingerprint density at radius 3 is 2.58 bits per heavy atom. The Morgan fingerprint density at radius 2 is 1.96 bits per heavy atom. The molecule has 1 unspecified atom stereocenters. The largest absolute Gasteiger partial charge is 0.491 e. The Kier molecular flexibility index (Phi) is 7.65. The third-order valence-electron chi connectivity index (χ3n) is 3.81. The predicted molar refractivity (Wildman–Crippen MR) is 99.6 cm³/mol. The minimum atomic E-state index is -0.479. The van der Waals surface area contributed by atoms with Crippen LogP contribution >= 0.6 is 11.3 Å². The van der Waals surface area contributed by atoms with E-state index in [-0.39, 0.29) is 0 Å². The third kappa shape index (κ3) is 5.56. The van der Waals surface area contributed by atoms with Gasteiger partial charge < -0.3 is 20.1 Å². The smallest absolute Gasteiger partial charge is 0.123 e. The maximum atomic E-state index is 10.0. The Hall–Kier alpha value is -1.47. The topological polar surface area (TPSA) is 57.6 Å². The van der Waals surface area contributed by atoms with Crippen molar-refractivity contribution in [3.63, 3.8) is 0 Å². The first kappa shape index (κ1) is 18.9. The number of aromatic nitrogens is 1. The monoisotopic (exact) mass is 349 g/mol. The zero-order valence-corrected chi connectivity index (χ0v) is 15.5. The lowest BCUT2D eigenvalue weighted by molar-refractivity contribution is 0.0716. The summed E-state index contributed by atoms with van der Waals surface area (Å²) < 4.78 is 5.69. The number of hydrogen-bond acceptors (Lipinski definition) is 6. The van der Waals surface area contributed by atoms with E-state index in [1.165, 1.54) is 4.88 Å². The number of benzene rings is 1. The molecule has 0 fully saturated rings. The van der Waals surface area contributed by atoms with Crippen molar-refractivity contribution in [1.82, 2.24) is 15.2 Å². The molecule has 24 heavy (non-hydrogen) atoms. The van der Waals surface area contributed by atoms with E-state index in [0.29, 0.717) is 13.2 Å². The number of likely N-dealkylation sites (N-methyl/N-ethyl adjacent to an activating group) is 1. The quantitative estimate of drug-likeness (QED) is 0.690. The van der Waals surface area contributed by atoms with Gasteiger partial charge in [-0.1, -0.05) is 13.8 Å². The summed E-state index contributed by atoms with van der Waals surface area (Å²) in [5.74, 6) is 0.768. The maximum absolute atomic E-state index is 10.0. The minimum absolute atomic E-state index is 0.305. The van der Waals surface area contributed by atoms with Crippen molar-refractivity contribution >= 4 is 11.3 Å². The summed E-state index contributed by atoms with van der Waals surface area (Å²) in [5.41, 5.74) is 1.08. The number of aliphatic hydroxyl groups excluding tert-OH is 1. The second-order valence-corrected chi connectivity index (χ2v) is 6.75. The summed E-state index contributed by atoms with van der Waals surface area (Å²) in [6, 6.07) is 7.87. The van der Waals surface area contributed by atoms with Gasteiger partial charge in [0.15, 0.2) is 0 Å². The molecule has 2 aromatic rings. The molecule has 0 aliphatic rings. The van der Waals surface area contributed by atoms with Crippen LogP contribution in [0.1, 0.15) is 18.7 Å². The Labute approximate surface area is 148 Å². The molecule has 2 rings (SSSR count). The van der Waals surface area contributed by atoms with Crippen LogP contribution in [0.25, 0.3) is 10.6 Å². The van der Waals surface area contributed by atoms with Crippen LogP contribution in [0.5, 0.6) is 5.75 Å². The van der Waals surface area contributed by atoms with Crippen molar-refractivity contribution in [2.45, 2.75) is 26.5 Å². The van der Waals surface area contributed by atoms with Gasteiger partial charge in [-0.15, -0.1) is 11.3 Å². The van der Waals surface area contributed by atoms with Crippen LogP contribution in [0.3, 0.4) is 0 Å². The molecule has 5 nitrogen and oxygen atoms in total. The summed E-state index contributed by atoms with van der Waals surface area (Å²) in [6.45, 7) is 7.84. The van der Waals surface area contributed by atoms with Crippen molar-refractivity contribution in [2.24, 2.45) is 0 Å². The lowest BCUT2D eigenvalue weighted by Crippen LogP contribution is -2.35.